The van der Waals surface area contributed by atoms with Gasteiger partial charge in [0.2, 0.25) is 0 Å². The highest BCUT2D eigenvalue weighted by Gasteiger charge is 2.10. The number of aryl methyl sites for hydroxylation is 1. The highest BCUT2D eigenvalue weighted by molar-refractivity contribution is 9.10. The second-order valence-corrected chi connectivity index (χ2v) is 7.01. The predicted octanol–water partition coefficient (Wildman–Crippen LogP) is 5.25. The summed E-state index contributed by atoms with van der Waals surface area (Å²) < 4.78 is 8.00. The first kappa shape index (κ1) is 16.8. The summed E-state index contributed by atoms with van der Waals surface area (Å²) in [6, 6.07) is 9.88. The van der Waals surface area contributed by atoms with E-state index in [-0.39, 0.29) is 0 Å². The maximum atomic E-state index is 6.22. The number of benzene rings is 2. The Balaban J connectivity index is 2.23. The first-order valence-corrected chi connectivity index (χ1v) is 8.53. The molecule has 0 saturated heterocycles. The number of hydrogen-bond donors (Lipinski definition) is 1. The Morgan fingerprint density at radius 1 is 1.10 bits per heavy atom. The Morgan fingerprint density at radius 3 is 2.52 bits per heavy atom. The maximum absolute atomic E-state index is 6.22. The number of halogens is 3. The summed E-state index contributed by atoms with van der Waals surface area (Å²) >= 11 is 13.1. The molecule has 0 aliphatic heterocycles. The summed E-state index contributed by atoms with van der Waals surface area (Å²) in [5, 5.41) is 0.694. The van der Waals surface area contributed by atoms with E-state index in [1.54, 1.807) is 0 Å². The smallest absolute Gasteiger partial charge is 0.126 e. The van der Waals surface area contributed by atoms with E-state index in [1.165, 1.54) is 0 Å². The summed E-state index contributed by atoms with van der Waals surface area (Å²) in [6.07, 6.45) is 0.781. The largest absolute Gasteiger partial charge is 0.488 e. The van der Waals surface area contributed by atoms with Gasteiger partial charge in [-0.3, -0.25) is 0 Å². The van der Waals surface area contributed by atoms with Crippen LogP contribution in [0.5, 0.6) is 5.75 Å². The van der Waals surface area contributed by atoms with Crippen molar-refractivity contribution in [2.75, 3.05) is 6.54 Å². The van der Waals surface area contributed by atoms with Gasteiger partial charge in [-0.1, -0.05) is 49.5 Å². The molecule has 21 heavy (non-hydrogen) atoms. The molecule has 0 atom stereocenters. The van der Waals surface area contributed by atoms with E-state index in [0.717, 1.165) is 37.8 Å². The van der Waals surface area contributed by atoms with Crippen LogP contribution in [-0.2, 0) is 13.0 Å². The Kier molecular flexibility index (Phi) is 6.11. The van der Waals surface area contributed by atoms with Gasteiger partial charge in [-0.15, -0.1) is 0 Å². The van der Waals surface area contributed by atoms with Crippen molar-refractivity contribution >= 4 is 43.5 Å². The van der Waals surface area contributed by atoms with Gasteiger partial charge in [0.25, 0.3) is 0 Å². The second kappa shape index (κ2) is 7.63. The third-order valence-electron chi connectivity index (χ3n) is 3.12. The lowest BCUT2D eigenvalue weighted by Gasteiger charge is -2.15. The minimum atomic E-state index is 0.437. The quantitative estimate of drug-likeness (QED) is 0.699. The molecule has 0 radical (unpaired) electrons. The molecule has 5 heteroatoms. The summed E-state index contributed by atoms with van der Waals surface area (Å²) in [4.78, 5) is 0. The van der Waals surface area contributed by atoms with E-state index >= 15 is 0 Å². The van der Waals surface area contributed by atoms with Gasteiger partial charge in [0.1, 0.15) is 12.4 Å². The fourth-order valence-corrected chi connectivity index (χ4v) is 3.48. The van der Waals surface area contributed by atoms with E-state index in [0.29, 0.717) is 18.2 Å². The van der Waals surface area contributed by atoms with Crippen molar-refractivity contribution in [3.63, 3.8) is 0 Å². The molecule has 0 fully saturated rings. The first-order chi connectivity index (χ1) is 10.0. The van der Waals surface area contributed by atoms with Crippen LogP contribution in [0.4, 0.5) is 0 Å². The molecule has 0 aromatic heterocycles. The molecule has 2 nitrogen and oxygen atoms in total. The van der Waals surface area contributed by atoms with Crippen LogP contribution in [0.2, 0.25) is 5.02 Å². The predicted molar refractivity (Wildman–Crippen MR) is 95.1 cm³/mol. The van der Waals surface area contributed by atoms with Crippen LogP contribution >= 0.6 is 43.5 Å². The van der Waals surface area contributed by atoms with Crippen molar-refractivity contribution in [3.8, 4) is 5.75 Å². The van der Waals surface area contributed by atoms with Crippen molar-refractivity contribution in [2.45, 2.75) is 20.0 Å². The fourth-order valence-electron chi connectivity index (χ4n) is 2.14. The van der Waals surface area contributed by atoms with E-state index in [1.807, 2.05) is 31.2 Å². The van der Waals surface area contributed by atoms with Gasteiger partial charge in [-0.25, -0.2) is 0 Å². The highest BCUT2D eigenvalue weighted by atomic mass is 79.9. The van der Waals surface area contributed by atoms with Gasteiger partial charge < -0.3 is 10.5 Å². The van der Waals surface area contributed by atoms with E-state index in [2.05, 4.69) is 37.9 Å². The lowest BCUT2D eigenvalue weighted by Crippen LogP contribution is -2.07. The second-order valence-electron chi connectivity index (χ2n) is 4.77. The molecule has 0 aliphatic carbocycles. The van der Waals surface area contributed by atoms with Gasteiger partial charge >= 0.3 is 0 Å². The fraction of sp³-hybridized carbons (Fsp3) is 0.250. The molecule has 0 heterocycles. The van der Waals surface area contributed by atoms with Crippen LogP contribution in [0.3, 0.4) is 0 Å². The lowest BCUT2D eigenvalue weighted by atomic mass is 10.1. The molecule has 2 N–H and O–H groups in total. The first-order valence-electron chi connectivity index (χ1n) is 6.57. The van der Waals surface area contributed by atoms with Crippen LogP contribution in [0.1, 0.15) is 16.7 Å². The third-order valence-corrected chi connectivity index (χ3v) is 4.42. The molecule has 2 aromatic rings. The number of rotatable bonds is 5. The third kappa shape index (κ3) is 4.46. The van der Waals surface area contributed by atoms with Crippen LogP contribution < -0.4 is 10.5 Å². The normalized spacial score (nSPS) is 10.7. The molecular weight excluding hydrogens is 417 g/mol. The topological polar surface area (TPSA) is 35.2 Å². The van der Waals surface area contributed by atoms with Crippen molar-refractivity contribution in [1.29, 1.82) is 0 Å². The van der Waals surface area contributed by atoms with Gasteiger partial charge in [0.15, 0.2) is 0 Å². The van der Waals surface area contributed by atoms with E-state index in [4.69, 9.17) is 22.1 Å². The zero-order chi connectivity index (χ0) is 15.4. The molecule has 0 amide bonds. The molecular formula is C16H16Br2ClNO. The molecule has 0 aliphatic rings. The summed E-state index contributed by atoms with van der Waals surface area (Å²) in [7, 11) is 0. The molecule has 2 aromatic carbocycles. The molecule has 2 rings (SSSR count). The number of hydrogen-bond acceptors (Lipinski definition) is 2. The van der Waals surface area contributed by atoms with Crippen molar-refractivity contribution in [3.05, 3.63) is 61.0 Å². The van der Waals surface area contributed by atoms with Crippen molar-refractivity contribution < 1.29 is 4.74 Å². The molecule has 0 spiro atoms. The Hall–Kier alpha value is -0.550. The Morgan fingerprint density at radius 2 is 1.86 bits per heavy atom. The van der Waals surface area contributed by atoms with Gasteiger partial charge in [0.05, 0.1) is 0 Å². The molecule has 112 valence electrons. The molecule has 0 saturated carbocycles. The summed E-state index contributed by atoms with van der Waals surface area (Å²) in [5.74, 6) is 0.891. The lowest BCUT2D eigenvalue weighted by molar-refractivity contribution is 0.301. The van der Waals surface area contributed by atoms with E-state index < -0.39 is 0 Å². The minimum Gasteiger partial charge on any atom is -0.488 e. The average molecular weight is 434 g/mol. The maximum Gasteiger partial charge on any atom is 0.126 e. The van der Waals surface area contributed by atoms with Crippen LogP contribution in [0, 0.1) is 6.92 Å². The van der Waals surface area contributed by atoms with Gasteiger partial charge in [0, 0.05) is 19.5 Å². The molecule has 0 unspecified atom stereocenters. The zero-order valence-electron chi connectivity index (χ0n) is 11.6. The minimum absolute atomic E-state index is 0.437. The number of nitrogens with two attached hydrogens (primary N) is 1. The highest BCUT2D eigenvalue weighted by Crippen LogP contribution is 2.30. The van der Waals surface area contributed by atoms with Crippen LogP contribution in [0.15, 0.2) is 39.3 Å². The monoisotopic (exact) mass is 431 g/mol. The van der Waals surface area contributed by atoms with Gasteiger partial charge in [-0.05, 0) is 55.3 Å². The standard InChI is InChI=1S/C16H16Br2ClNO/c1-10-6-14(18)7-11(4-5-20)16(10)21-9-12-2-3-13(17)8-15(12)19/h2-3,6-8H,4-5,9,20H2,1H3. The Labute approximate surface area is 146 Å². The SMILES string of the molecule is Cc1cc(Br)cc(CCN)c1OCc1ccc(Br)cc1Cl. The van der Waals surface area contributed by atoms with Gasteiger partial charge in [-0.2, -0.15) is 0 Å². The summed E-state index contributed by atoms with van der Waals surface area (Å²) in [5.41, 5.74) is 8.83. The average Bonchev–Trinajstić information content (AvgIpc) is 2.40. The number of ether oxygens (including phenoxy) is 1. The van der Waals surface area contributed by atoms with E-state index in [9.17, 15) is 0 Å². The summed E-state index contributed by atoms with van der Waals surface area (Å²) in [6.45, 7) is 3.06. The zero-order valence-corrected chi connectivity index (χ0v) is 15.6. The molecule has 0 bridgehead atoms. The van der Waals surface area contributed by atoms with Crippen molar-refractivity contribution in [2.24, 2.45) is 5.73 Å². The van der Waals surface area contributed by atoms with Crippen molar-refractivity contribution in [1.82, 2.24) is 0 Å². The Bertz CT molecular complexity index is 646. The van der Waals surface area contributed by atoms with Crippen LogP contribution in [-0.4, -0.2) is 6.54 Å². The van der Waals surface area contributed by atoms with Crippen LogP contribution in [0.25, 0.3) is 0 Å².